The zero-order valence-electron chi connectivity index (χ0n) is 13.3. The second-order valence-electron chi connectivity index (χ2n) is 7.36. The van der Waals surface area contributed by atoms with Crippen LogP contribution in [0.4, 0.5) is 0 Å². The fourth-order valence-corrected chi connectivity index (χ4v) is 3.06. The molecule has 1 saturated heterocycles. The average Bonchev–Trinajstić information content (AvgIpc) is 2.42. The van der Waals surface area contributed by atoms with Crippen molar-refractivity contribution in [3.05, 3.63) is 0 Å². The first kappa shape index (κ1) is 15.9. The van der Waals surface area contributed by atoms with Crippen LogP contribution in [0.25, 0.3) is 0 Å². The van der Waals surface area contributed by atoms with Crippen molar-refractivity contribution < 1.29 is 4.74 Å². The van der Waals surface area contributed by atoms with Gasteiger partial charge in [0, 0.05) is 12.1 Å². The van der Waals surface area contributed by atoms with Gasteiger partial charge in [-0.25, -0.2) is 0 Å². The standard InChI is InChI=1S/C15H32N2O/c1-11(2)12(16)8-9-17(7)13-10-14(3,4)18-15(13,5)6/h11-13H,8-10,16H2,1-7H3. The lowest BCUT2D eigenvalue weighted by molar-refractivity contribution is -0.0787. The van der Waals surface area contributed by atoms with Gasteiger partial charge in [-0.05, 0) is 60.0 Å². The smallest absolute Gasteiger partial charge is 0.0789 e. The van der Waals surface area contributed by atoms with Crippen molar-refractivity contribution in [3.63, 3.8) is 0 Å². The number of likely N-dealkylation sites (N-methyl/N-ethyl adjacent to an activating group) is 1. The normalized spacial score (nSPS) is 28.0. The minimum atomic E-state index is -0.0693. The Hall–Kier alpha value is -0.120. The van der Waals surface area contributed by atoms with Gasteiger partial charge in [-0.1, -0.05) is 13.8 Å². The van der Waals surface area contributed by atoms with E-state index in [9.17, 15) is 0 Å². The van der Waals surface area contributed by atoms with E-state index in [2.05, 4.69) is 53.5 Å². The molecule has 18 heavy (non-hydrogen) atoms. The number of nitrogens with zero attached hydrogens (tertiary/aromatic N) is 1. The van der Waals surface area contributed by atoms with Crippen LogP contribution in [0.3, 0.4) is 0 Å². The first-order chi connectivity index (χ1) is 8.05. The fraction of sp³-hybridized carbons (Fsp3) is 1.00. The quantitative estimate of drug-likeness (QED) is 0.822. The van der Waals surface area contributed by atoms with E-state index in [1.54, 1.807) is 0 Å². The zero-order valence-corrected chi connectivity index (χ0v) is 13.3. The molecular weight excluding hydrogens is 224 g/mol. The third-order valence-corrected chi connectivity index (χ3v) is 4.23. The molecule has 0 saturated carbocycles. The van der Waals surface area contributed by atoms with Crippen LogP contribution in [-0.4, -0.2) is 41.8 Å². The van der Waals surface area contributed by atoms with Gasteiger partial charge in [0.1, 0.15) is 0 Å². The first-order valence-corrected chi connectivity index (χ1v) is 7.21. The number of nitrogens with two attached hydrogens (primary N) is 1. The molecule has 0 aliphatic carbocycles. The van der Waals surface area contributed by atoms with Gasteiger partial charge in [-0.2, -0.15) is 0 Å². The van der Waals surface area contributed by atoms with Crippen LogP contribution < -0.4 is 5.73 Å². The van der Waals surface area contributed by atoms with Crippen LogP contribution >= 0.6 is 0 Å². The molecule has 3 nitrogen and oxygen atoms in total. The Balaban J connectivity index is 2.54. The van der Waals surface area contributed by atoms with Gasteiger partial charge in [-0.3, -0.25) is 0 Å². The molecule has 3 heteroatoms. The van der Waals surface area contributed by atoms with E-state index < -0.39 is 0 Å². The van der Waals surface area contributed by atoms with E-state index in [0.29, 0.717) is 18.0 Å². The molecule has 2 atom stereocenters. The van der Waals surface area contributed by atoms with Crippen LogP contribution in [0.5, 0.6) is 0 Å². The summed E-state index contributed by atoms with van der Waals surface area (Å²) in [5.41, 5.74) is 6.05. The van der Waals surface area contributed by atoms with Crippen molar-refractivity contribution in [2.75, 3.05) is 13.6 Å². The van der Waals surface area contributed by atoms with Gasteiger partial charge >= 0.3 is 0 Å². The van der Waals surface area contributed by atoms with Gasteiger partial charge in [0.05, 0.1) is 11.2 Å². The summed E-state index contributed by atoms with van der Waals surface area (Å²) in [6, 6.07) is 0.776. The summed E-state index contributed by atoms with van der Waals surface area (Å²) in [4.78, 5) is 2.43. The van der Waals surface area contributed by atoms with Gasteiger partial charge in [0.2, 0.25) is 0 Å². The van der Waals surface area contributed by atoms with E-state index in [1.807, 2.05) is 0 Å². The second-order valence-corrected chi connectivity index (χ2v) is 7.36. The molecule has 1 heterocycles. The monoisotopic (exact) mass is 256 g/mol. The summed E-state index contributed by atoms with van der Waals surface area (Å²) < 4.78 is 6.15. The van der Waals surface area contributed by atoms with E-state index >= 15 is 0 Å². The van der Waals surface area contributed by atoms with Crippen LogP contribution in [0.1, 0.15) is 54.4 Å². The predicted molar refractivity (Wildman–Crippen MR) is 77.7 cm³/mol. The third kappa shape index (κ3) is 3.94. The Labute approximate surface area is 113 Å². The third-order valence-electron chi connectivity index (χ3n) is 4.23. The minimum Gasteiger partial charge on any atom is -0.368 e. The maximum atomic E-state index is 6.15. The molecule has 2 unspecified atom stereocenters. The van der Waals surface area contributed by atoms with E-state index in [1.165, 1.54) is 0 Å². The molecule has 0 radical (unpaired) electrons. The Morgan fingerprint density at radius 3 is 2.22 bits per heavy atom. The van der Waals surface area contributed by atoms with E-state index in [0.717, 1.165) is 19.4 Å². The molecule has 0 aromatic rings. The number of ether oxygens (including phenoxy) is 1. The number of hydrogen-bond donors (Lipinski definition) is 1. The summed E-state index contributed by atoms with van der Waals surface area (Å²) in [5, 5.41) is 0. The lowest BCUT2D eigenvalue weighted by Gasteiger charge is -2.34. The van der Waals surface area contributed by atoms with Crippen molar-refractivity contribution in [1.29, 1.82) is 0 Å². The molecule has 0 spiro atoms. The summed E-state index contributed by atoms with van der Waals surface area (Å²) in [6.07, 6.45) is 2.15. The van der Waals surface area contributed by atoms with Crippen LogP contribution in [0.15, 0.2) is 0 Å². The molecule has 1 fully saturated rings. The fourth-order valence-electron chi connectivity index (χ4n) is 3.06. The van der Waals surface area contributed by atoms with Crippen LogP contribution in [0, 0.1) is 5.92 Å². The number of hydrogen-bond acceptors (Lipinski definition) is 3. The molecule has 0 bridgehead atoms. The minimum absolute atomic E-state index is 0.0113. The number of rotatable bonds is 5. The maximum Gasteiger partial charge on any atom is 0.0789 e. The highest BCUT2D eigenvalue weighted by atomic mass is 16.5. The summed E-state index contributed by atoms with van der Waals surface area (Å²) in [7, 11) is 2.20. The molecule has 0 aromatic heterocycles. The molecule has 0 amide bonds. The van der Waals surface area contributed by atoms with Gasteiger partial charge in [0.25, 0.3) is 0 Å². The molecule has 2 N–H and O–H groups in total. The maximum absolute atomic E-state index is 6.15. The molecule has 1 rings (SSSR count). The lowest BCUT2D eigenvalue weighted by Crippen LogP contribution is -2.46. The Morgan fingerprint density at radius 1 is 1.28 bits per heavy atom. The molecule has 0 aromatic carbocycles. The van der Waals surface area contributed by atoms with Crippen molar-refractivity contribution in [3.8, 4) is 0 Å². The van der Waals surface area contributed by atoms with Crippen molar-refractivity contribution >= 4 is 0 Å². The zero-order chi connectivity index (χ0) is 14.1. The Morgan fingerprint density at radius 2 is 1.83 bits per heavy atom. The average molecular weight is 256 g/mol. The Kier molecular flexibility index (Phi) is 4.85. The molecule has 1 aliphatic heterocycles. The first-order valence-electron chi connectivity index (χ1n) is 7.21. The van der Waals surface area contributed by atoms with Crippen LogP contribution in [-0.2, 0) is 4.74 Å². The van der Waals surface area contributed by atoms with Gasteiger partial charge < -0.3 is 15.4 Å². The summed E-state index contributed by atoms with van der Waals surface area (Å²) in [5.74, 6) is 0.558. The highest BCUT2D eigenvalue weighted by Gasteiger charge is 2.47. The summed E-state index contributed by atoms with van der Waals surface area (Å²) in [6.45, 7) is 14.2. The summed E-state index contributed by atoms with van der Waals surface area (Å²) >= 11 is 0. The molecule has 108 valence electrons. The Bertz CT molecular complexity index is 274. The largest absolute Gasteiger partial charge is 0.368 e. The van der Waals surface area contributed by atoms with Crippen molar-refractivity contribution in [2.24, 2.45) is 11.7 Å². The van der Waals surface area contributed by atoms with Crippen molar-refractivity contribution in [1.82, 2.24) is 4.90 Å². The van der Waals surface area contributed by atoms with Crippen LogP contribution in [0.2, 0.25) is 0 Å². The highest BCUT2D eigenvalue weighted by Crippen LogP contribution is 2.39. The molecule has 1 aliphatic rings. The highest BCUT2D eigenvalue weighted by molar-refractivity contribution is 4.99. The predicted octanol–water partition coefficient (Wildman–Crippen LogP) is 2.64. The van der Waals surface area contributed by atoms with Gasteiger partial charge in [0.15, 0.2) is 0 Å². The lowest BCUT2D eigenvalue weighted by atomic mass is 9.92. The topological polar surface area (TPSA) is 38.5 Å². The van der Waals surface area contributed by atoms with Gasteiger partial charge in [-0.15, -0.1) is 0 Å². The SMILES string of the molecule is CC(C)C(N)CCN(C)C1CC(C)(C)OC1(C)C. The van der Waals surface area contributed by atoms with E-state index in [-0.39, 0.29) is 11.2 Å². The van der Waals surface area contributed by atoms with Crippen molar-refractivity contribution in [2.45, 2.75) is 77.7 Å². The second kappa shape index (κ2) is 5.48. The molecular formula is C15H32N2O. The van der Waals surface area contributed by atoms with E-state index in [4.69, 9.17) is 10.5 Å².